The van der Waals surface area contributed by atoms with Gasteiger partial charge in [0.1, 0.15) is 0 Å². The largest absolute Gasteiger partial charge is 0.481 e. The van der Waals surface area contributed by atoms with Crippen molar-refractivity contribution in [2.24, 2.45) is 0 Å². The third kappa shape index (κ3) is 110. The van der Waals surface area contributed by atoms with Gasteiger partial charge in [0.2, 0.25) is 0 Å². The zero-order valence-electron chi connectivity index (χ0n) is 16.0. The van der Waals surface area contributed by atoms with Crippen molar-refractivity contribution in [3.8, 4) is 0 Å². The molecule has 0 aliphatic rings. The van der Waals surface area contributed by atoms with E-state index in [9.17, 15) is 4.79 Å². The number of hydrogen-bond acceptors (Lipinski definition) is 5. The van der Waals surface area contributed by atoms with Gasteiger partial charge in [-0.2, -0.15) is 0 Å². The number of unbranched alkanes of at least 4 members (excludes halogenated alkanes) is 5. The lowest BCUT2D eigenvalue weighted by Gasteiger charge is -2.01. The number of aliphatic carboxylic acids is 3. The molecule has 3 N–H and O–H groups in total. The minimum absolute atomic E-state index is 0.0435. The molecule has 0 saturated heterocycles. The number of carbonyl (C=O) groups excluding carboxylic acids is 1. The van der Waals surface area contributed by atoms with E-state index >= 15 is 0 Å². The first-order valence-electron chi connectivity index (χ1n) is 8.25. The monoisotopic (exact) mass is 366 g/mol. The Morgan fingerprint density at radius 2 is 1.00 bits per heavy atom. The Labute approximate surface area is 150 Å². The summed E-state index contributed by atoms with van der Waals surface area (Å²) in [6.45, 7) is 7.81. The molecule has 0 aliphatic heterocycles. The van der Waals surface area contributed by atoms with Crippen LogP contribution in [-0.4, -0.2) is 45.8 Å². The summed E-state index contributed by atoms with van der Waals surface area (Å²) in [7, 11) is 0. The van der Waals surface area contributed by atoms with Gasteiger partial charge in [-0.3, -0.25) is 19.2 Å². The van der Waals surface area contributed by atoms with E-state index in [2.05, 4.69) is 6.92 Å². The highest BCUT2D eigenvalue weighted by Crippen LogP contribution is 2.07. The minimum atomic E-state index is -0.833. The van der Waals surface area contributed by atoms with Crippen molar-refractivity contribution in [1.82, 2.24) is 0 Å². The van der Waals surface area contributed by atoms with Crippen molar-refractivity contribution >= 4 is 23.9 Å². The number of carboxylic acid groups (broad SMARTS) is 3. The highest BCUT2D eigenvalue weighted by molar-refractivity contribution is 5.69. The molecule has 8 heteroatoms. The van der Waals surface area contributed by atoms with Gasteiger partial charge in [-0.1, -0.05) is 39.0 Å². The van der Waals surface area contributed by atoms with E-state index in [1.807, 2.05) is 6.92 Å². The number of carboxylic acids is 3. The van der Waals surface area contributed by atoms with E-state index in [0.717, 1.165) is 27.2 Å². The molecule has 0 aromatic heterocycles. The minimum Gasteiger partial charge on any atom is -0.481 e. The van der Waals surface area contributed by atoms with Crippen LogP contribution in [0.4, 0.5) is 0 Å². The van der Waals surface area contributed by atoms with E-state index in [1.54, 1.807) is 0 Å². The van der Waals surface area contributed by atoms with Crippen molar-refractivity contribution in [3.05, 3.63) is 0 Å². The molecule has 25 heavy (non-hydrogen) atoms. The summed E-state index contributed by atoms with van der Waals surface area (Å²) in [5.74, 6) is -2.54. The topological polar surface area (TPSA) is 138 Å². The van der Waals surface area contributed by atoms with Gasteiger partial charge in [-0.05, 0) is 13.3 Å². The van der Waals surface area contributed by atoms with Crippen LogP contribution in [-0.2, 0) is 23.9 Å². The summed E-state index contributed by atoms with van der Waals surface area (Å²) in [4.78, 5) is 37.9. The molecule has 0 spiro atoms. The number of ether oxygens (including phenoxy) is 1. The van der Waals surface area contributed by atoms with Crippen molar-refractivity contribution in [2.45, 2.75) is 79.6 Å². The summed E-state index contributed by atoms with van der Waals surface area (Å²) in [5, 5.41) is 22.2. The summed E-state index contributed by atoms with van der Waals surface area (Å²) < 4.78 is 4.83. The van der Waals surface area contributed by atoms with Gasteiger partial charge in [-0.15, -0.1) is 0 Å². The number of hydrogen-bond donors (Lipinski definition) is 3. The van der Waals surface area contributed by atoms with Crippen LogP contribution < -0.4 is 0 Å². The molecule has 0 aromatic rings. The molecular formula is C17H34O8. The Morgan fingerprint density at radius 3 is 1.32 bits per heavy atom. The zero-order chi connectivity index (χ0) is 20.7. The van der Waals surface area contributed by atoms with Crippen molar-refractivity contribution in [2.75, 3.05) is 6.61 Å². The van der Waals surface area contributed by atoms with Gasteiger partial charge in [0.05, 0.1) is 6.61 Å². The second-order valence-corrected chi connectivity index (χ2v) is 4.88. The van der Waals surface area contributed by atoms with E-state index in [4.69, 9.17) is 34.4 Å². The van der Waals surface area contributed by atoms with E-state index < -0.39 is 17.9 Å². The summed E-state index contributed by atoms with van der Waals surface area (Å²) in [5.41, 5.74) is 0. The van der Waals surface area contributed by atoms with Crippen LogP contribution in [0, 0.1) is 0 Å². The van der Waals surface area contributed by atoms with E-state index in [0.29, 0.717) is 13.0 Å². The number of rotatable bonds is 8. The molecule has 0 aromatic carbocycles. The van der Waals surface area contributed by atoms with Crippen LogP contribution in [0.5, 0.6) is 0 Å². The van der Waals surface area contributed by atoms with Gasteiger partial charge < -0.3 is 20.1 Å². The van der Waals surface area contributed by atoms with Crippen molar-refractivity contribution in [1.29, 1.82) is 0 Å². The normalized spacial score (nSPS) is 8.20. The molecule has 0 atom stereocenters. The summed E-state index contributed by atoms with van der Waals surface area (Å²) in [6.07, 6.45) is 7.91. The maximum atomic E-state index is 10.9. The molecule has 0 bridgehead atoms. The smallest absolute Gasteiger partial charge is 0.305 e. The Morgan fingerprint density at radius 1 is 0.680 bits per heavy atom. The van der Waals surface area contributed by atoms with Gasteiger partial charge in [-0.25, -0.2) is 0 Å². The lowest BCUT2D eigenvalue weighted by molar-refractivity contribution is -0.143. The standard InChI is InChI=1S/C11H22O2.3C2H4O2/c1-3-5-6-7-8-9-10-11(12)13-4-2;3*1-2(3)4/h3-10H2,1-2H3;3*1H3,(H,3,4). The highest BCUT2D eigenvalue weighted by Gasteiger charge is 1.99. The summed E-state index contributed by atoms with van der Waals surface area (Å²) in [6, 6.07) is 0. The Kier molecular flexibility index (Phi) is 32.9. The second kappa shape index (κ2) is 26.8. The van der Waals surface area contributed by atoms with Crippen molar-refractivity contribution < 1.29 is 39.2 Å². The quantitative estimate of drug-likeness (QED) is 0.438. The summed E-state index contributed by atoms with van der Waals surface area (Å²) >= 11 is 0. The van der Waals surface area contributed by atoms with Gasteiger partial charge >= 0.3 is 5.97 Å². The molecule has 0 radical (unpaired) electrons. The molecule has 0 unspecified atom stereocenters. The number of carbonyl (C=O) groups is 4. The molecule has 8 nitrogen and oxygen atoms in total. The van der Waals surface area contributed by atoms with Gasteiger partial charge in [0.25, 0.3) is 17.9 Å². The highest BCUT2D eigenvalue weighted by atomic mass is 16.5. The Bertz CT molecular complexity index is 299. The maximum absolute atomic E-state index is 10.9. The molecule has 0 heterocycles. The van der Waals surface area contributed by atoms with Crippen LogP contribution in [0.25, 0.3) is 0 Å². The molecule has 0 saturated carbocycles. The maximum Gasteiger partial charge on any atom is 0.305 e. The fraction of sp³-hybridized carbons (Fsp3) is 0.765. The molecule has 0 amide bonds. The van der Waals surface area contributed by atoms with E-state index in [-0.39, 0.29) is 5.97 Å². The predicted molar refractivity (Wildman–Crippen MR) is 94.6 cm³/mol. The first kappa shape index (κ1) is 30.7. The molecule has 150 valence electrons. The first-order chi connectivity index (χ1) is 11.5. The lowest BCUT2D eigenvalue weighted by Crippen LogP contribution is -2.03. The van der Waals surface area contributed by atoms with Crippen LogP contribution >= 0.6 is 0 Å². The zero-order valence-corrected chi connectivity index (χ0v) is 16.0. The first-order valence-corrected chi connectivity index (χ1v) is 8.25. The Hall–Kier alpha value is -2.12. The van der Waals surface area contributed by atoms with Crippen LogP contribution in [0.2, 0.25) is 0 Å². The molecule has 0 rings (SSSR count). The molecule has 0 fully saturated rings. The number of esters is 1. The van der Waals surface area contributed by atoms with E-state index in [1.165, 1.54) is 32.1 Å². The Balaban J connectivity index is -0.000000150. The van der Waals surface area contributed by atoms with Gasteiger partial charge in [0.15, 0.2) is 0 Å². The van der Waals surface area contributed by atoms with Gasteiger partial charge in [0, 0.05) is 27.2 Å². The molecule has 0 aliphatic carbocycles. The average Bonchev–Trinajstić information content (AvgIpc) is 2.41. The van der Waals surface area contributed by atoms with Crippen LogP contribution in [0.1, 0.15) is 79.6 Å². The van der Waals surface area contributed by atoms with Crippen molar-refractivity contribution in [3.63, 3.8) is 0 Å². The SMILES string of the molecule is CC(=O)O.CC(=O)O.CC(=O)O.CCCCCCCCC(=O)OCC. The fourth-order valence-electron chi connectivity index (χ4n) is 1.28. The van der Waals surface area contributed by atoms with Crippen LogP contribution in [0.3, 0.4) is 0 Å². The average molecular weight is 366 g/mol. The second-order valence-electron chi connectivity index (χ2n) is 4.88. The fourth-order valence-corrected chi connectivity index (χ4v) is 1.28. The molecular weight excluding hydrogens is 332 g/mol. The van der Waals surface area contributed by atoms with Crippen LogP contribution in [0.15, 0.2) is 0 Å². The third-order valence-electron chi connectivity index (χ3n) is 2.04. The predicted octanol–water partition coefficient (Wildman–Crippen LogP) is 3.57. The lowest BCUT2D eigenvalue weighted by atomic mass is 10.1. The third-order valence-corrected chi connectivity index (χ3v) is 2.04.